The van der Waals surface area contributed by atoms with Crippen LogP contribution >= 0.6 is 0 Å². The molecule has 6 heteroatoms. The summed E-state index contributed by atoms with van der Waals surface area (Å²) in [5, 5.41) is 12.9. The second kappa shape index (κ2) is 6.21. The van der Waals surface area contributed by atoms with Crippen molar-refractivity contribution in [1.29, 1.82) is 0 Å². The molecule has 6 nitrogen and oxygen atoms in total. The van der Waals surface area contributed by atoms with Crippen molar-refractivity contribution >= 4 is 11.9 Å². The Balaban J connectivity index is 2.08. The fourth-order valence-corrected chi connectivity index (χ4v) is 1.92. The van der Waals surface area contributed by atoms with Crippen molar-refractivity contribution < 1.29 is 14.7 Å². The number of benzene rings is 1. The van der Waals surface area contributed by atoms with Crippen LogP contribution in [0.1, 0.15) is 28.9 Å². The van der Waals surface area contributed by atoms with Crippen molar-refractivity contribution in [1.82, 2.24) is 14.7 Å². The molecule has 110 valence electrons. The molecule has 1 atom stereocenters. The second-order valence-electron chi connectivity index (χ2n) is 4.87. The van der Waals surface area contributed by atoms with E-state index in [2.05, 4.69) is 5.10 Å². The van der Waals surface area contributed by atoms with Gasteiger partial charge in [-0.05, 0) is 12.5 Å². The summed E-state index contributed by atoms with van der Waals surface area (Å²) in [7, 11) is 1.70. The molecule has 0 fully saturated rings. The van der Waals surface area contributed by atoms with Crippen LogP contribution in [0.15, 0.2) is 42.7 Å². The molecule has 0 radical (unpaired) electrons. The highest BCUT2D eigenvalue weighted by atomic mass is 16.4. The van der Waals surface area contributed by atoms with Gasteiger partial charge in [-0.25, -0.2) is 4.79 Å². The first kappa shape index (κ1) is 14.8. The molecule has 1 N–H and O–H groups in total. The summed E-state index contributed by atoms with van der Waals surface area (Å²) in [6.07, 6.45) is 2.85. The molecular weight excluding hydrogens is 270 g/mol. The summed E-state index contributed by atoms with van der Waals surface area (Å²) in [5.41, 5.74) is 1.40. The first-order valence-electron chi connectivity index (χ1n) is 6.55. The summed E-state index contributed by atoms with van der Waals surface area (Å²) in [5.74, 6) is -1.18. The zero-order chi connectivity index (χ0) is 15.4. The van der Waals surface area contributed by atoms with Crippen molar-refractivity contribution in [2.75, 3.05) is 7.05 Å². The molecule has 1 unspecified atom stereocenters. The summed E-state index contributed by atoms with van der Waals surface area (Å²) in [6.45, 7) is 2.00. The van der Waals surface area contributed by atoms with Crippen LogP contribution in [0.3, 0.4) is 0 Å². The van der Waals surface area contributed by atoms with Gasteiger partial charge in [0.25, 0.3) is 5.91 Å². The van der Waals surface area contributed by atoms with Gasteiger partial charge in [0.2, 0.25) is 0 Å². The Bertz CT molecular complexity index is 637. The Hall–Kier alpha value is -2.63. The lowest BCUT2D eigenvalue weighted by molar-refractivity contribution is -0.140. The maximum Gasteiger partial charge on any atom is 0.328 e. The molecule has 0 aliphatic heterocycles. The Morgan fingerprint density at radius 2 is 2.00 bits per heavy atom. The molecule has 2 rings (SSSR count). The number of amides is 1. The number of nitrogens with zero attached hydrogens (tertiary/aromatic N) is 3. The van der Waals surface area contributed by atoms with E-state index in [0.29, 0.717) is 12.1 Å². The van der Waals surface area contributed by atoms with E-state index in [0.717, 1.165) is 5.56 Å². The van der Waals surface area contributed by atoms with E-state index in [1.54, 1.807) is 11.9 Å². The van der Waals surface area contributed by atoms with Crippen LogP contribution in [-0.2, 0) is 11.3 Å². The molecule has 1 aromatic heterocycles. The fourth-order valence-electron chi connectivity index (χ4n) is 1.92. The maximum atomic E-state index is 12.3. The Labute approximate surface area is 122 Å². The summed E-state index contributed by atoms with van der Waals surface area (Å²) in [4.78, 5) is 24.7. The predicted molar refractivity (Wildman–Crippen MR) is 76.8 cm³/mol. The van der Waals surface area contributed by atoms with Gasteiger partial charge in [-0.3, -0.25) is 9.48 Å². The average Bonchev–Trinajstić information content (AvgIpc) is 2.96. The molecule has 1 aromatic carbocycles. The van der Waals surface area contributed by atoms with Crippen LogP contribution in [-0.4, -0.2) is 38.7 Å². The lowest BCUT2D eigenvalue weighted by Crippen LogP contribution is -2.26. The molecular formula is C15H17N3O3. The first-order chi connectivity index (χ1) is 9.99. The van der Waals surface area contributed by atoms with Crippen LogP contribution in [0.2, 0.25) is 0 Å². The zero-order valence-corrected chi connectivity index (χ0v) is 11.9. The summed E-state index contributed by atoms with van der Waals surface area (Å²) >= 11 is 0. The molecule has 0 aliphatic carbocycles. The molecule has 0 saturated carbocycles. The quantitative estimate of drug-likeness (QED) is 0.910. The van der Waals surface area contributed by atoms with E-state index in [1.165, 1.54) is 24.0 Å². The molecule has 0 spiro atoms. The van der Waals surface area contributed by atoms with Gasteiger partial charge in [-0.15, -0.1) is 0 Å². The Kier molecular flexibility index (Phi) is 4.37. The number of aliphatic carboxylic acids is 1. The van der Waals surface area contributed by atoms with Gasteiger partial charge in [-0.1, -0.05) is 30.3 Å². The standard InChI is InChI=1S/C15H17N3O3/c1-11(15(20)21)18-10-13(8-16-18)14(19)17(2)9-12-6-4-3-5-7-12/h3-8,10-11H,9H2,1-2H3,(H,20,21). The first-order valence-corrected chi connectivity index (χ1v) is 6.55. The molecule has 0 bridgehead atoms. The van der Waals surface area contributed by atoms with Crippen LogP contribution < -0.4 is 0 Å². The van der Waals surface area contributed by atoms with Gasteiger partial charge in [0.05, 0.1) is 11.8 Å². The van der Waals surface area contributed by atoms with Crippen LogP contribution in [0, 0.1) is 0 Å². The fraction of sp³-hybridized carbons (Fsp3) is 0.267. The largest absolute Gasteiger partial charge is 0.480 e. The van der Waals surface area contributed by atoms with Crippen molar-refractivity contribution in [2.24, 2.45) is 0 Å². The SMILES string of the molecule is CC(C(=O)O)n1cc(C(=O)N(C)Cc2ccccc2)cn1. The predicted octanol–water partition coefficient (Wildman–Crippen LogP) is 1.80. The second-order valence-corrected chi connectivity index (χ2v) is 4.87. The lowest BCUT2D eigenvalue weighted by Gasteiger charge is -2.16. The van der Waals surface area contributed by atoms with Crippen LogP contribution in [0.4, 0.5) is 0 Å². The van der Waals surface area contributed by atoms with Gasteiger partial charge in [0, 0.05) is 19.8 Å². The highest BCUT2D eigenvalue weighted by Crippen LogP contribution is 2.10. The normalized spacial score (nSPS) is 11.9. The Morgan fingerprint density at radius 1 is 1.33 bits per heavy atom. The Morgan fingerprint density at radius 3 is 2.62 bits per heavy atom. The van der Waals surface area contributed by atoms with Crippen molar-refractivity contribution in [3.63, 3.8) is 0 Å². The van der Waals surface area contributed by atoms with Crippen molar-refractivity contribution in [3.8, 4) is 0 Å². The minimum Gasteiger partial charge on any atom is -0.480 e. The van der Waals surface area contributed by atoms with Gasteiger partial charge in [0.15, 0.2) is 0 Å². The van der Waals surface area contributed by atoms with Gasteiger partial charge >= 0.3 is 5.97 Å². The molecule has 0 aliphatic rings. The third kappa shape index (κ3) is 3.47. The number of carbonyl (C=O) groups is 2. The molecule has 1 amide bonds. The van der Waals surface area contributed by atoms with E-state index in [1.807, 2.05) is 30.3 Å². The molecule has 0 saturated heterocycles. The zero-order valence-electron chi connectivity index (χ0n) is 11.9. The molecule has 2 aromatic rings. The number of carbonyl (C=O) groups excluding carboxylic acids is 1. The number of aromatic nitrogens is 2. The number of hydrogen-bond donors (Lipinski definition) is 1. The third-order valence-electron chi connectivity index (χ3n) is 3.21. The number of carboxylic acid groups (broad SMARTS) is 1. The number of carboxylic acids is 1. The lowest BCUT2D eigenvalue weighted by atomic mass is 10.2. The van der Waals surface area contributed by atoms with E-state index in [9.17, 15) is 9.59 Å². The van der Waals surface area contributed by atoms with Gasteiger partial charge in [0.1, 0.15) is 6.04 Å². The van der Waals surface area contributed by atoms with Crippen molar-refractivity contribution in [2.45, 2.75) is 19.5 Å². The van der Waals surface area contributed by atoms with E-state index >= 15 is 0 Å². The smallest absolute Gasteiger partial charge is 0.328 e. The minimum atomic E-state index is -0.991. The highest BCUT2D eigenvalue weighted by molar-refractivity contribution is 5.93. The summed E-state index contributed by atoms with van der Waals surface area (Å²) in [6, 6.07) is 8.84. The van der Waals surface area contributed by atoms with Gasteiger partial charge < -0.3 is 10.0 Å². The molecule has 21 heavy (non-hydrogen) atoms. The monoisotopic (exact) mass is 287 g/mol. The summed E-state index contributed by atoms with van der Waals surface area (Å²) < 4.78 is 1.27. The number of hydrogen-bond acceptors (Lipinski definition) is 3. The minimum absolute atomic E-state index is 0.192. The highest BCUT2D eigenvalue weighted by Gasteiger charge is 2.18. The topological polar surface area (TPSA) is 75.4 Å². The van der Waals surface area contributed by atoms with E-state index in [4.69, 9.17) is 5.11 Å². The van der Waals surface area contributed by atoms with Crippen LogP contribution in [0.25, 0.3) is 0 Å². The third-order valence-corrected chi connectivity index (χ3v) is 3.21. The van der Waals surface area contributed by atoms with E-state index in [-0.39, 0.29) is 5.91 Å². The van der Waals surface area contributed by atoms with Crippen LogP contribution in [0.5, 0.6) is 0 Å². The van der Waals surface area contributed by atoms with E-state index < -0.39 is 12.0 Å². The van der Waals surface area contributed by atoms with Gasteiger partial charge in [-0.2, -0.15) is 5.10 Å². The van der Waals surface area contributed by atoms with Crippen molar-refractivity contribution in [3.05, 3.63) is 53.9 Å². The average molecular weight is 287 g/mol. The maximum absolute atomic E-state index is 12.3. The number of rotatable bonds is 5. The molecule has 1 heterocycles.